The Morgan fingerprint density at radius 3 is 2.36 bits per heavy atom. The van der Waals surface area contributed by atoms with E-state index in [1.54, 1.807) is 6.07 Å². The lowest BCUT2D eigenvalue weighted by Crippen LogP contribution is -1.91. The van der Waals surface area contributed by atoms with Gasteiger partial charge in [0.25, 0.3) is 0 Å². The lowest BCUT2D eigenvalue weighted by molar-refractivity contribution is 0.540. The van der Waals surface area contributed by atoms with Crippen LogP contribution in [-0.4, -0.2) is 11.6 Å². The van der Waals surface area contributed by atoms with E-state index in [-0.39, 0.29) is 10.5 Å². The molecule has 0 aromatic heterocycles. The summed E-state index contributed by atoms with van der Waals surface area (Å²) in [7, 11) is 0. The molecule has 0 atom stereocenters. The molecule has 0 fully saturated rings. The molecule has 0 amide bonds. The minimum absolute atomic E-state index is 0.0183. The van der Waals surface area contributed by atoms with Crippen LogP contribution in [0.4, 0.5) is 8.78 Å². The summed E-state index contributed by atoms with van der Waals surface area (Å²) in [5, 5.41) is 8.44. The van der Waals surface area contributed by atoms with Crippen molar-refractivity contribution < 1.29 is 8.78 Å². The van der Waals surface area contributed by atoms with Crippen molar-refractivity contribution in [1.29, 1.82) is 5.26 Å². The van der Waals surface area contributed by atoms with Crippen LogP contribution in [0.1, 0.15) is 5.56 Å². The van der Waals surface area contributed by atoms with Gasteiger partial charge >= 0.3 is 0 Å². The van der Waals surface area contributed by atoms with Crippen molar-refractivity contribution in [1.82, 2.24) is 0 Å². The summed E-state index contributed by atoms with van der Waals surface area (Å²) in [5.41, 5.74) is -0.0183. The zero-order valence-corrected chi connectivity index (χ0v) is 8.63. The molecule has 0 heterocycles. The first kappa shape index (κ1) is 11.3. The SMILES string of the molecule is N#Cc1cc(F)c(SCCCl)c(F)c1. The molecule has 0 N–H and O–H groups in total. The Kier molecular flexibility index (Phi) is 4.18. The summed E-state index contributed by atoms with van der Waals surface area (Å²) in [4.78, 5) is -0.0790. The molecule has 5 heteroatoms. The molecular formula is C9H6ClF2NS. The maximum atomic E-state index is 13.2. The molecule has 0 saturated heterocycles. The molecule has 1 aromatic rings. The number of thioether (sulfide) groups is 1. The van der Waals surface area contributed by atoms with Crippen LogP contribution in [0.15, 0.2) is 17.0 Å². The van der Waals surface area contributed by atoms with Gasteiger partial charge in [-0.3, -0.25) is 0 Å². The Labute approximate surface area is 89.7 Å². The second-order valence-corrected chi connectivity index (χ2v) is 3.90. The molecule has 0 radical (unpaired) electrons. The molecule has 0 aliphatic carbocycles. The Bertz CT molecular complexity index is 353. The Balaban J connectivity index is 3.01. The minimum atomic E-state index is -0.711. The van der Waals surface area contributed by atoms with Crippen LogP contribution in [0.5, 0.6) is 0 Å². The smallest absolute Gasteiger partial charge is 0.141 e. The summed E-state index contributed by atoms with van der Waals surface area (Å²) in [5.74, 6) is -0.668. The molecule has 0 saturated carbocycles. The van der Waals surface area contributed by atoms with Gasteiger partial charge < -0.3 is 0 Å². The monoisotopic (exact) mass is 233 g/mol. The maximum Gasteiger partial charge on any atom is 0.141 e. The third-order valence-electron chi connectivity index (χ3n) is 1.45. The fourth-order valence-corrected chi connectivity index (χ4v) is 1.81. The first-order valence-corrected chi connectivity index (χ1v) is 5.29. The highest BCUT2D eigenvalue weighted by Crippen LogP contribution is 2.26. The molecule has 0 aliphatic rings. The van der Waals surface area contributed by atoms with E-state index >= 15 is 0 Å². The van der Waals surface area contributed by atoms with Gasteiger partial charge in [-0.1, -0.05) is 0 Å². The normalized spacial score (nSPS) is 9.86. The predicted octanol–water partition coefficient (Wildman–Crippen LogP) is 3.17. The van der Waals surface area contributed by atoms with Gasteiger partial charge in [-0.15, -0.1) is 23.4 Å². The van der Waals surface area contributed by atoms with Gasteiger partial charge in [0, 0.05) is 11.6 Å². The van der Waals surface area contributed by atoms with Crippen molar-refractivity contribution in [3.8, 4) is 6.07 Å². The number of hydrogen-bond donors (Lipinski definition) is 0. The van der Waals surface area contributed by atoms with Gasteiger partial charge in [-0.2, -0.15) is 5.26 Å². The van der Waals surface area contributed by atoms with Crippen LogP contribution in [0.2, 0.25) is 0 Å². The van der Waals surface area contributed by atoms with Crippen LogP contribution in [0, 0.1) is 23.0 Å². The van der Waals surface area contributed by atoms with Crippen LogP contribution < -0.4 is 0 Å². The van der Waals surface area contributed by atoms with E-state index in [9.17, 15) is 8.78 Å². The molecular weight excluding hydrogens is 228 g/mol. The summed E-state index contributed by atoms with van der Waals surface area (Å²) in [6.07, 6.45) is 0. The topological polar surface area (TPSA) is 23.8 Å². The van der Waals surface area contributed by atoms with E-state index in [4.69, 9.17) is 16.9 Å². The Morgan fingerprint density at radius 2 is 1.93 bits per heavy atom. The lowest BCUT2D eigenvalue weighted by Gasteiger charge is -2.03. The number of halogens is 3. The number of alkyl halides is 1. The second-order valence-electron chi connectivity index (χ2n) is 2.42. The van der Waals surface area contributed by atoms with Gasteiger partial charge in [0.2, 0.25) is 0 Å². The number of benzene rings is 1. The number of rotatable bonds is 3. The van der Waals surface area contributed by atoms with Gasteiger partial charge in [-0.25, -0.2) is 8.78 Å². The van der Waals surface area contributed by atoms with Crippen molar-refractivity contribution in [2.45, 2.75) is 4.90 Å². The third-order valence-corrected chi connectivity index (χ3v) is 2.95. The van der Waals surface area contributed by atoms with E-state index in [2.05, 4.69) is 0 Å². The average molecular weight is 234 g/mol. The zero-order valence-electron chi connectivity index (χ0n) is 7.06. The summed E-state index contributed by atoms with van der Waals surface area (Å²) >= 11 is 6.40. The first-order valence-electron chi connectivity index (χ1n) is 3.77. The minimum Gasteiger partial charge on any atom is -0.206 e. The summed E-state index contributed by atoms with van der Waals surface area (Å²) in [6.45, 7) is 0. The van der Waals surface area contributed by atoms with Crippen LogP contribution in [0.25, 0.3) is 0 Å². The van der Waals surface area contributed by atoms with Crippen molar-refractivity contribution in [2.24, 2.45) is 0 Å². The molecule has 0 aliphatic heterocycles. The molecule has 1 nitrogen and oxygen atoms in total. The highest BCUT2D eigenvalue weighted by Gasteiger charge is 2.11. The molecule has 1 rings (SSSR count). The van der Waals surface area contributed by atoms with Crippen molar-refractivity contribution in [3.63, 3.8) is 0 Å². The predicted molar refractivity (Wildman–Crippen MR) is 52.5 cm³/mol. The second kappa shape index (κ2) is 5.18. The molecule has 74 valence electrons. The molecule has 0 spiro atoms. The third kappa shape index (κ3) is 2.60. The average Bonchev–Trinajstić information content (AvgIpc) is 2.16. The summed E-state index contributed by atoms with van der Waals surface area (Å²) in [6, 6.07) is 3.70. The highest BCUT2D eigenvalue weighted by molar-refractivity contribution is 7.99. The fourth-order valence-electron chi connectivity index (χ4n) is 0.903. The van der Waals surface area contributed by atoms with Crippen LogP contribution in [0.3, 0.4) is 0 Å². The van der Waals surface area contributed by atoms with Crippen LogP contribution >= 0.6 is 23.4 Å². The van der Waals surface area contributed by atoms with Crippen LogP contribution in [-0.2, 0) is 0 Å². The highest BCUT2D eigenvalue weighted by atomic mass is 35.5. The fraction of sp³-hybridized carbons (Fsp3) is 0.222. The van der Waals surface area contributed by atoms with Gasteiger partial charge in [0.05, 0.1) is 16.5 Å². The van der Waals surface area contributed by atoms with E-state index in [1.165, 1.54) is 0 Å². The number of nitriles is 1. The standard InChI is InChI=1S/C9H6ClF2NS/c10-1-2-14-9-7(11)3-6(5-13)4-8(9)12/h3-4H,1-2H2. The zero-order chi connectivity index (χ0) is 10.6. The van der Waals surface area contributed by atoms with Crippen molar-refractivity contribution in [2.75, 3.05) is 11.6 Å². The van der Waals surface area contributed by atoms with E-state index < -0.39 is 11.6 Å². The van der Waals surface area contributed by atoms with Gasteiger partial charge in [-0.05, 0) is 12.1 Å². The molecule has 0 unspecified atom stereocenters. The Hall–Kier alpha value is -0.790. The van der Waals surface area contributed by atoms with E-state index in [1.807, 2.05) is 0 Å². The molecule has 1 aromatic carbocycles. The number of nitrogens with zero attached hydrogens (tertiary/aromatic N) is 1. The first-order chi connectivity index (χ1) is 6.69. The number of hydrogen-bond acceptors (Lipinski definition) is 2. The van der Waals surface area contributed by atoms with E-state index in [0.717, 1.165) is 23.9 Å². The van der Waals surface area contributed by atoms with Crippen molar-refractivity contribution in [3.05, 3.63) is 29.3 Å². The van der Waals surface area contributed by atoms with E-state index in [0.29, 0.717) is 11.6 Å². The maximum absolute atomic E-state index is 13.2. The van der Waals surface area contributed by atoms with Gasteiger partial charge in [0.15, 0.2) is 0 Å². The van der Waals surface area contributed by atoms with Crippen molar-refractivity contribution >= 4 is 23.4 Å². The largest absolute Gasteiger partial charge is 0.206 e. The molecule has 0 bridgehead atoms. The lowest BCUT2D eigenvalue weighted by atomic mass is 10.2. The molecule has 14 heavy (non-hydrogen) atoms. The van der Waals surface area contributed by atoms with Gasteiger partial charge in [0.1, 0.15) is 11.6 Å². The Morgan fingerprint density at radius 1 is 1.36 bits per heavy atom. The summed E-state index contributed by atoms with van der Waals surface area (Å²) < 4.78 is 26.3. The quantitative estimate of drug-likeness (QED) is 0.592.